The molecular formula is C6H9ClN4S. The van der Waals surface area contributed by atoms with E-state index in [0.29, 0.717) is 11.0 Å². The van der Waals surface area contributed by atoms with Gasteiger partial charge in [-0.3, -0.25) is 0 Å². The maximum absolute atomic E-state index is 5.82. The van der Waals surface area contributed by atoms with E-state index in [1.165, 1.54) is 11.8 Å². The molecule has 0 bridgehead atoms. The van der Waals surface area contributed by atoms with E-state index in [-0.39, 0.29) is 5.95 Å². The van der Waals surface area contributed by atoms with Crippen molar-refractivity contribution in [1.82, 2.24) is 9.97 Å². The molecule has 4 nitrogen and oxygen atoms in total. The minimum absolute atomic E-state index is 0.183. The minimum atomic E-state index is 0.183. The van der Waals surface area contributed by atoms with E-state index in [4.69, 9.17) is 17.3 Å². The summed E-state index contributed by atoms with van der Waals surface area (Å²) in [4.78, 5) is 8.61. The number of nitrogens with zero attached hydrogens (tertiary/aromatic N) is 2. The van der Waals surface area contributed by atoms with Crippen LogP contribution in [0.15, 0.2) is 4.90 Å². The van der Waals surface area contributed by atoms with Crippen molar-refractivity contribution in [3.8, 4) is 0 Å². The second kappa shape index (κ2) is 3.82. The van der Waals surface area contributed by atoms with Crippen LogP contribution in [-0.2, 0) is 0 Å². The summed E-state index contributed by atoms with van der Waals surface area (Å²) >= 11 is 7.30. The Bertz CT molecular complexity index is 291. The Morgan fingerprint density at radius 3 is 2.67 bits per heavy atom. The highest BCUT2D eigenvalue weighted by Gasteiger charge is 2.08. The molecule has 0 aromatic carbocycles. The number of anilines is 2. The first-order chi connectivity index (χ1) is 5.69. The summed E-state index contributed by atoms with van der Waals surface area (Å²) in [6.45, 7) is 0. The molecule has 0 fully saturated rings. The van der Waals surface area contributed by atoms with Crippen LogP contribution in [0.4, 0.5) is 11.8 Å². The van der Waals surface area contributed by atoms with Crippen LogP contribution >= 0.6 is 23.4 Å². The molecule has 1 aromatic heterocycles. The SMILES string of the molecule is CNc1nc(N)nc(Cl)c1SC. The third kappa shape index (κ3) is 1.73. The van der Waals surface area contributed by atoms with Crippen LogP contribution in [0.3, 0.4) is 0 Å². The van der Waals surface area contributed by atoms with Crippen molar-refractivity contribution in [2.45, 2.75) is 4.90 Å². The summed E-state index contributed by atoms with van der Waals surface area (Å²) < 4.78 is 0. The molecule has 0 atom stereocenters. The summed E-state index contributed by atoms with van der Waals surface area (Å²) in [6.07, 6.45) is 1.90. The van der Waals surface area contributed by atoms with Gasteiger partial charge in [0.15, 0.2) is 0 Å². The number of hydrogen-bond donors (Lipinski definition) is 2. The van der Waals surface area contributed by atoms with Crippen LogP contribution in [0.25, 0.3) is 0 Å². The fourth-order valence-corrected chi connectivity index (χ4v) is 1.75. The van der Waals surface area contributed by atoms with Gasteiger partial charge in [0.25, 0.3) is 0 Å². The Kier molecular flexibility index (Phi) is 2.99. The molecule has 0 saturated heterocycles. The molecule has 1 aromatic rings. The summed E-state index contributed by atoms with van der Waals surface area (Å²) in [7, 11) is 1.76. The fourth-order valence-electron chi connectivity index (χ4n) is 0.790. The zero-order valence-electron chi connectivity index (χ0n) is 6.76. The second-order valence-electron chi connectivity index (χ2n) is 2.00. The number of nitrogen functional groups attached to an aromatic ring is 1. The van der Waals surface area contributed by atoms with Gasteiger partial charge in [-0.25, -0.2) is 0 Å². The first-order valence-electron chi connectivity index (χ1n) is 3.23. The second-order valence-corrected chi connectivity index (χ2v) is 3.18. The molecular weight excluding hydrogens is 196 g/mol. The number of nitrogens with two attached hydrogens (primary N) is 1. The quantitative estimate of drug-likeness (QED) is 0.565. The van der Waals surface area contributed by atoms with Crippen molar-refractivity contribution in [1.29, 1.82) is 0 Å². The van der Waals surface area contributed by atoms with Gasteiger partial charge in [0, 0.05) is 7.05 Å². The molecule has 0 saturated carbocycles. The van der Waals surface area contributed by atoms with Gasteiger partial charge in [0.05, 0.1) is 4.90 Å². The molecule has 0 spiro atoms. The number of rotatable bonds is 2. The minimum Gasteiger partial charge on any atom is -0.372 e. The summed E-state index contributed by atoms with van der Waals surface area (Å²) in [5.41, 5.74) is 5.40. The van der Waals surface area contributed by atoms with Crippen molar-refractivity contribution in [2.75, 3.05) is 24.4 Å². The highest BCUT2D eigenvalue weighted by Crippen LogP contribution is 2.29. The van der Waals surface area contributed by atoms with Gasteiger partial charge >= 0.3 is 0 Å². The molecule has 66 valence electrons. The van der Waals surface area contributed by atoms with E-state index in [1.54, 1.807) is 7.05 Å². The van der Waals surface area contributed by atoms with Crippen LogP contribution in [0.5, 0.6) is 0 Å². The van der Waals surface area contributed by atoms with Gasteiger partial charge < -0.3 is 11.1 Å². The first kappa shape index (κ1) is 9.41. The van der Waals surface area contributed by atoms with E-state index in [2.05, 4.69) is 15.3 Å². The lowest BCUT2D eigenvalue weighted by atomic mass is 10.6. The highest BCUT2D eigenvalue weighted by atomic mass is 35.5. The lowest BCUT2D eigenvalue weighted by Gasteiger charge is -2.06. The largest absolute Gasteiger partial charge is 0.372 e. The average molecular weight is 205 g/mol. The van der Waals surface area contributed by atoms with Crippen molar-refractivity contribution in [3.63, 3.8) is 0 Å². The van der Waals surface area contributed by atoms with Gasteiger partial charge in [-0.15, -0.1) is 11.8 Å². The van der Waals surface area contributed by atoms with Crippen molar-refractivity contribution >= 4 is 35.1 Å². The predicted octanol–water partition coefficient (Wildman–Crippen LogP) is 1.48. The van der Waals surface area contributed by atoms with Crippen LogP contribution < -0.4 is 11.1 Å². The molecule has 0 amide bonds. The fraction of sp³-hybridized carbons (Fsp3) is 0.333. The Morgan fingerprint density at radius 2 is 2.17 bits per heavy atom. The van der Waals surface area contributed by atoms with Crippen LogP contribution in [-0.4, -0.2) is 23.3 Å². The van der Waals surface area contributed by atoms with E-state index in [9.17, 15) is 0 Å². The smallest absolute Gasteiger partial charge is 0.223 e. The highest BCUT2D eigenvalue weighted by molar-refractivity contribution is 7.98. The Balaban J connectivity index is 3.24. The van der Waals surface area contributed by atoms with Gasteiger partial charge in [0.2, 0.25) is 5.95 Å². The van der Waals surface area contributed by atoms with E-state index in [0.717, 1.165) is 4.90 Å². The molecule has 1 heterocycles. The standard InChI is InChI=1S/C6H9ClN4S/c1-9-5-3(12-2)4(7)10-6(8)11-5/h1-2H3,(H3,8,9,10,11). The van der Waals surface area contributed by atoms with Gasteiger partial charge in [-0.1, -0.05) is 11.6 Å². The molecule has 0 unspecified atom stereocenters. The molecule has 0 aliphatic carbocycles. The lowest BCUT2D eigenvalue weighted by Crippen LogP contribution is -2.02. The van der Waals surface area contributed by atoms with Gasteiger partial charge in [-0.05, 0) is 6.26 Å². The molecule has 6 heteroatoms. The molecule has 0 aliphatic rings. The van der Waals surface area contributed by atoms with Crippen molar-refractivity contribution in [3.05, 3.63) is 5.15 Å². The maximum atomic E-state index is 5.82. The summed E-state index contributed by atoms with van der Waals surface area (Å²) in [5.74, 6) is 0.849. The number of aromatic nitrogens is 2. The van der Waals surface area contributed by atoms with E-state index >= 15 is 0 Å². The molecule has 12 heavy (non-hydrogen) atoms. The van der Waals surface area contributed by atoms with Crippen LogP contribution in [0.2, 0.25) is 5.15 Å². The van der Waals surface area contributed by atoms with Crippen LogP contribution in [0, 0.1) is 0 Å². The lowest BCUT2D eigenvalue weighted by molar-refractivity contribution is 1.11. The van der Waals surface area contributed by atoms with E-state index < -0.39 is 0 Å². The Hall–Kier alpha value is -0.680. The number of thioether (sulfide) groups is 1. The summed E-state index contributed by atoms with van der Waals surface area (Å²) in [5, 5.41) is 3.28. The van der Waals surface area contributed by atoms with Crippen molar-refractivity contribution < 1.29 is 0 Å². The number of halogens is 1. The number of hydrogen-bond acceptors (Lipinski definition) is 5. The topological polar surface area (TPSA) is 63.8 Å². The Morgan fingerprint density at radius 1 is 1.50 bits per heavy atom. The maximum Gasteiger partial charge on any atom is 0.223 e. The zero-order valence-corrected chi connectivity index (χ0v) is 8.33. The summed E-state index contributed by atoms with van der Waals surface area (Å²) in [6, 6.07) is 0. The van der Waals surface area contributed by atoms with Crippen molar-refractivity contribution in [2.24, 2.45) is 0 Å². The molecule has 3 N–H and O–H groups in total. The molecule has 0 aliphatic heterocycles. The van der Waals surface area contributed by atoms with Gasteiger partial charge in [0.1, 0.15) is 11.0 Å². The van der Waals surface area contributed by atoms with Gasteiger partial charge in [-0.2, -0.15) is 9.97 Å². The monoisotopic (exact) mass is 204 g/mol. The third-order valence-corrected chi connectivity index (χ3v) is 2.46. The first-order valence-corrected chi connectivity index (χ1v) is 4.84. The normalized spacial score (nSPS) is 9.92. The zero-order chi connectivity index (χ0) is 9.14. The predicted molar refractivity (Wildman–Crippen MR) is 52.8 cm³/mol. The number of nitrogens with one attached hydrogen (secondary N) is 1. The van der Waals surface area contributed by atoms with E-state index in [1.807, 2.05) is 6.26 Å². The molecule has 0 radical (unpaired) electrons. The third-order valence-electron chi connectivity index (χ3n) is 1.28. The molecule has 1 rings (SSSR count). The van der Waals surface area contributed by atoms with Crippen LogP contribution in [0.1, 0.15) is 0 Å². The average Bonchev–Trinajstić information content (AvgIpc) is 2.03. The Labute approximate surface area is 79.9 Å².